The number of hydrogen-bond donors (Lipinski definition) is 1. The smallest absolute Gasteiger partial charge is 0.256 e. The number of hydrogen-bond acceptors (Lipinski definition) is 2. The number of thiocarbonyl (C=S) groups is 1. The van der Waals surface area contributed by atoms with Gasteiger partial charge in [0.2, 0.25) is 0 Å². The first-order chi connectivity index (χ1) is 6.81. The fraction of sp³-hybridized carbons (Fsp3) is 0.909. The van der Waals surface area contributed by atoms with Crippen molar-refractivity contribution in [1.29, 1.82) is 0 Å². The van der Waals surface area contributed by atoms with Crippen LogP contribution in [0.25, 0.3) is 0 Å². The van der Waals surface area contributed by atoms with E-state index in [2.05, 4.69) is 12.2 Å². The SMILES string of the molecule is CCCCCCCCOC(=S)NCC. The molecule has 14 heavy (non-hydrogen) atoms. The highest BCUT2D eigenvalue weighted by atomic mass is 32.1. The van der Waals surface area contributed by atoms with Crippen LogP contribution in [0.5, 0.6) is 0 Å². The molecule has 0 spiro atoms. The lowest BCUT2D eigenvalue weighted by Gasteiger charge is -2.07. The summed E-state index contributed by atoms with van der Waals surface area (Å²) < 4.78 is 5.31. The molecule has 2 nitrogen and oxygen atoms in total. The number of unbranched alkanes of at least 4 members (excludes halogenated alkanes) is 5. The van der Waals surface area contributed by atoms with Crippen LogP contribution in [0, 0.1) is 0 Å². The Kier molecular flexibility index (Phi) is 10.5. The monoisotopic (exact) mass is 217 g/mol. The zero-order valence-electron chi connectivity index (χ0n) is 9.47. The molecule has 3 heteroatoms. The zero-order valence-corrected chi connectivity index (χ0v) is 10.3. The van der Waals surface area contributed by atoms with Gasteiger partial charge in [0, 0.05) is 6.54 Å². The number of nitrogens with one attached hydrogen (secondary N) is 1. The van der Waals surface area contributed by atoms with Gasteiger partial charge in [0.25, 0.3) is 5.17 Å². The minimum absolute atomic E-state index is 0.543. The molecule has 0 bridgehead atoms. The van der Waals surface area contributed by atoms with Gasteiger partial charge in [0.05, 0.1) is 6.61 Å². The molecule has 0 aliphatic carbocycles. The van der Waals surface area contributed by atoms with Gasteiger partial charge in [-0.3, -0.25) is 0 Å². The molecule has 0 saturated heterocycles. The summed E-state index contributed by atoms with van der Waals surface area (Å²) in [5.74, 6) is 0. The maximum atomic E-state index is 5.31. The van der Waals surface area contributed by atoms with Crippen molar-refractivity contribution >= 4 is 17.4 Å². The summed E-state index contributed by atoms with van der Waals surface area (Å²) >= 11 is 4.94. The molecule has 0 unspecified atom stereocenters. The van der Waals surface area contributed by atoms with Crippen molar-refractivity contribution in [1.82, 2.24) is 5.32 Å². The summed E-state index contributed by atoms with van der Waals surface area (Å²) in [5.41, 5.74) is 0. The van der Waals surface area contributed by atoms with Crippen molar-refractivity contribution in [3.8, 4) is 0 Å². The van der Waals surface area contributed by atoms with E-state index in [0.29, 0.717) is 5.17 Å². The molecular formula is C11H23NOS. The van der Waals surface area contributed by atoms with Gasteiger partial charge in [0.15, 0.2) is 0 Å². The molecule has 84 valence electrons. The van der Waals surface area contributed by atoms with Crippen LogP contribution in [0.2, 0.25) is 0 Å². The van der Waals surface area contributed by atoms with Crippen LogP contribution in [0.3, 0.4) is 0 Å². The van der Waals surface area contributed by atoms with Crippen molar-refractivity contribution in [2.45, 2.75) is 52.4 Å². The summed E-state index contributed by atoms with van der Waals surface area (Å²) in [7, 11) is 0. The third kappa shape index (κ3) is 9.78. The highest BCUT2D eigenvalue weighted by molar-refractivity contribution is 7.80. The molecular weight excluding hydrogens is 194 g/mol. The third-order valence-electron chi connectivity index (χ3n) is 2.05. The van der Waals surface area contributed by atoms with E-state index >= 15 is 0 Å². The average Bonchev–Trinajstić information content (AvgIpc) is 2.17. The summed E-state index contributed by atoms with van der Waals surface area (Å²) in [5, 5.41) is 3.51. The van der Waals surface area contributed by atoms with Gasteiger partial charge < -0.3 is 10.1 Å². The molecule has 0 saturated carbocycles. The molecule has 0 aliphatic heterocycles. The Morgan fingerprint density at radius 1 is 1.07 bits per heavy atom. The van der Waals surface area contributed by atoms with Crippen molar-refractivity contribution in [3.05, 3.63) is 0 Å². The van der Waals surface area contributed by atoms with E-state index in [1.807, 2.05) is 6.92 Å². The van der Waals surface area contributed by atoms with Gasteiger partial charge >= 0.3 is 0 Å². The lowest BCUT2D eigenvalue weighted by Crippen LogP contribution is -2.23. The topological polar surface area (TPSA) is 21.3 Å². The Bertz CT molecular complexity index is 139. The van der Waals surface area contributed by atoms with E-state index in [-0.39, 0.29) is 0 Å². The molecule has 0 aromatic heterocycles. The van der Waals surface area contributed by atoms with Gasteiger partial charge in [-0.05, 0) is 25.6 Å². The van der Waals surface area contributed by atoms with E-state index < -0.39 is 0 Å². The van der Waals surface area contributed by atoms with Crippen molar-refractivity contribution in [3.63, 3.8) is 0 Å². The van der Waals surface area contributed by atoms with Crippen molar-refractivity contribution in [2.75, 3.05) is 13.2 Å². The number of ether oxygens (including phenoxy) is 1. The summed E-state index contributed by atoms with van der Waals surface area (Å²) in [4.78, 5) is 0. The second-order valence-electron chi connectivity index (χ2n) is 3.43. The first-order valence-electron chi connectivity index (χ1n) is 5.71. The fourth-order valence-corrected chi connectivity index (χ4v) is 1.47. The van der Waals surface area contributed by atoms with E-state index in [4.69, 9.17) is 17.0 Å². The first kappa shape index (κ1) is 13.7. The molecule has 0 aliphatic rings. The normalized spacial score (nSPS) is 9.86. The second kappa shape index (κ2) is 10.8. The van der Waals surface area contributed by atoms with Crippen LogP contribution < -0.4 is 5.32 Å². The molecule has 1 N–H and O–H groups in total. The Labute approximate surface area is 93.4 Å². The average molecular weight is 217 g/mol. The molecule has 0 amide bonds. The minimum Gasteiger partial charge on any atom is -0.471 e. The quantitative estimate of drug-likeness (QED) is 0.498. The van der Waals surface area contributed by atoms with E-state index in [1.165, 1.54) is 32.1 Å². The van der Waals surface area contributed by atoms with E-state index in [1.54, 1.807) is 0 Å². The number of rotatable bonds is 8. The molecule has 0 atom stereocenters. The van der Waals surface area contributed by atoms with Gasteiger partial charge in [0.1, 0.15) is 0 Å². The van der Waals surface area contributed by atoms with Gasteiger partial charge in [-0.15, -0.1) is 0 Å². The fourth-order valence-electron chi connectivity index (χ4n) is 1.24. The van der Waals surface area contributed by atoms with Crippen molar-refractivity contribution < 1.29 is 4.74 Å². The van der Waals surface area contributed by atoms with Crippen LogP contribution in [-0.2, 0) is 4.74 Å². The molecule has 0 radical (unpaired) electrons. The second-order valence-corrected chi connectivity index (χ2v) is 3.80. The maximum absolute atomic E-state index is 5.31. The van der Waals surface area contributed by atoms with Crippen LogP contribution in [0.15, 0.2) is 0 Å². The lowest BCUT2D eigenvalue weighted by molar-refractivity contribution is 0.287. The van der Waals surface area contributed by atoms with Crippen LogP contribution in [0.1, 0.15) is 52.4 Å². The van der Waals surface area contributed by atoms with Gasteiger partial charge in [-0.25, -0.2) is 0 Å². The van der Waals surface area contributed by atoms with Crippen LogP contribution in [0.4, 0.5) is 0 Å². The predicted octanol–water partition coefficient (Wildman–Crippen LogP) is 3.26. The zero-order chi connectivity index (χ0) is 10.6. The highest BCUT2D eigenvalue weighted by Gasteiger charge is 1.94. The van der Waals surface area contributed by atoms with Crippen LogP contribution >= 0.6 is 12.2 Å². The third-order valence-corrected chi connectivity index (χ3v) is 2.31. The first-order valence-corrected chi connectivity index (χ1v) is 6.12. The molecule has 0 heterocycles. The Morgan fingerprint density at radius 3 is 2.36 bits per heavy atom. The molecule has 0 aromatic rings. The van der Waals surface area contributed by atoms with Crippen LogP contribution in [-0.4, -0.2) is 18.3 Å². The molecule has 0 rings (SSSR count). The highest BCUT2D eigenvalue weighted by Crippen LogP contribution is 2.04. The largest absolute Gasteiger partial charge is 0.471 e. The summed E-state index contributed by atoms with van der Waals surface area (Å²) in [6, 6.07) is 0. The Morgan fingerprint density at radius 2 is 1.71 bits per heavy atom. The maximum Gasteiger partial charge on any atom is 0.256 e. The summed E-state index contributed by atoms with van der Waals surface area (Å²) in [6.07, 6.45) is 7.72. The predicted molar refractivity (Wildman–Crippen MR) is 65.6 cm³/mol. The van der Waals surface area contributed by atoms with Gasteiger partial charge in [-0.2, -0.15) is 0 Å². The lowest BCUT2D eigenvalue weighted by atomic mass is 10.1. The van der Waals surface area contributed by atoms with Gasteiger partial charge in [-0.1, -0.05) is 39.0 Å². The standard InChI is InChI=1S/C11H23NOS/c1-3-5-6-7-8-9-10-13-11(14)12-4-2/h3-10H2,1-2H3,(H,12,14). The summed E-state index contributed by atoms with van der Waals surface area (Å²) in [6.45, 7) is 5.85. The Hall–Kier alpha value is -0.310. The van der Waals surface area contributed by atoms with Crippen molar-refractivity contribution in [2.24, 2.45) is 0 Å². The van der Waals surface area contributed by atoms with E-state index in [0.717, 1.165) is 19.6 Å². The minimum atomic E-state index is 0.543. The molecule has 0 aromatic carbocycles. The van der Waals surface area contributed by atoms with E-state index in [9.17, 15) is 0 Å². The molecule has 0 fully saturated rings. The Balaban J connectivity index is 3.01.